The highest BCUT2D eigenvalue weighted by molar-refractivity contribution is 6.02. The van der Waals surface area contributed by atoms with Crippen LogP contribution in [0.4, 0.5) is 5.82 Å². The van der Waals surface area contributed by atoms with Crippen molar-refractivity contribution in [2.24, 2.45) is 0 Å². The fourth-order valence-electron chi connectivity index (χ4n) is 3.46. The summed E-state index contributed by atoms with van der Waals surface area (Å²) in [5.74, 6) is 0.589. The molecule has 1 aliphatic heterocycles. The summed E-state index contributed by atoms with van der Waals surface area (Å²) in [7, 11) is 0. The Morgan fingerprint density at radius 1 is 1.20 bits per heavy atom. The van der Waals surface area contributed by atoms with Crippen molar-refractivity contribution in [3.8, 4) is 5.69 Å². The molecule has 0 aliphatic carbocycles. The van der Waals surface area contributed by atoms with Gasteiger partial charge in [0.25, 0.3) is 5.91 Å². The second-order valence-corrected chi connectivity index (χ2v) is 7.88. The molecule has 4 rings (SSSR count). The molecule has 3 aromatic rings. The normalized spacial score (nSPS) is 14.5. The third-order valence-corrected chi connectivity index (χ3v) is 5.27. The lowest BCUT2D eigenvalue weighted by Gasteiger charge is -2.22. The fourth-order valence-corrected chi connectivity index (χ4v) is 3.46. The minimum atomic E-state index is -0.284. The molecule has 2 aromatic heterocycles. The third-order valence-electron chi connectivity index (χ3n) is 5.27. The minimum absolute atomic E-state index is 0. The lowest BCUT2D eigenvalue weighted by Crippen LogP contribution is -2.29. The molecule has 1 fully saturated rings. The predicted molar refractivity (Wildman–Crippen MR) is 119 cm³/mol. The van der Waals surface area contributed by atoms with E-state index in [1.54, 1.807) is 10.9 Å². The van der Waals surface area contributed by atoms with Gasteiger partial charge in [-0.1, -0.05) is 36.8 Å². The van der Waals surface area contributed by atoms with Gasteiger partial charge in [0.1, 0.15) is 5.82 Å². The Bertz CT molecular complexity index is 987. The summed E-state index contributed by atoms with van der Waals surface area (Å²) in [4.78, 5) is 12.8. The second-order valence-electron chi connectivity index (χ2n) is 7.88. The van der Waals surface area contributed by atoms with Gasteiger partial charge in [0, 0.05) is 6.07 Å². The monoisotopic (exact) mass is 429 g/mol. The number of hydrogen-bond donors (Lipinski definition) is 2. The maximum Gasteiger partial charge on any atom is 0.278 e. The maximum atomic E-state index is 12.8. The van der Waals surface area contributed by atoms with Crippen LogP contribution >= 0.6 is 12.4 Å². The zero-order valence-electron chi connectivity index (χ0n) is 17.5. The lowest BCUT2D eigenvalue weighted by molar-refractivity contribution is 0.102. The number of halogens is 1. The summed E-state index contributed by atoms with van der Waals surface area (Å²) >= 11 is 0. The number of piperidine rings is 1. The SMILES string of the molecule is Cc1ccc(-n2nc(C(C)C)cc2NC(=O)c2cn(C3CCNCC3)nn2)cc1.Cl. The average Bonchev–Trinajstić information content (AvgIpc) is 3.37. The summed E-state index contributed by atoms with van der Waals surface area (Å²) < 4.78 is 3.58. The molecule has 0 unspecified atom stereocenters. The Hall–Kier alpha value is -2.71. The number of nitrogens with one attached hydrogen (secondary N) is 2. The van der Waals surface area contributed by atoms with Crippen molar-refractivity contribution in [3.63, 3.8) is 0 Å². The zero-order chi connectivity index (χ0) is 20.4. The Morgan fingerprint density at radius 3 is 2.57 bits per heavy atom. The van der Waals surface area contributed by atoms with E-state index >= 15 is 0 Å². The first-order valence-corrected chi connectivity index (χ1v) is 10.1. The Labute approximate surface area is 182 Å². The molecule has 30 heavy (non-hydrogen) atoms. The van der Waals surface area contributed by atoms with Crippen LogP contribution in [0.5, 0.6) is 0 Å². The quantitative estimate of drug-likeness (QED) is 0.647. The highest BCUT2D eigenvalue weighted by atomic mass is 35.5. The summed E-state index contributed by atoms with van der Waals surface area (Å²) in [6.07, 6.45) is 3.71. The molecule has 0 saturated carbocycles. The van der Waals surface area contributed by atoms with Gasteiger partial charge in [0.15, 0.2) is 5.69 Å². The zero-order valence-corrected chi connectivity index (χ0v) is 18.3. The summed E-state index contributed by atoms with van der Waals surface area (Å²) in [6.45, 7) is 8.12. The van der Waals surface area contributed by atoms with Gasteiger partial charge in [-0.15, -0.1) is 17.5 Å². The van der Waals surface area contributed by atoms with E-state index in [-0.39, 0.29) is 30.3 Å². The smallest absolute Gasteiger partial charge is 0.278 e. The van der Waals surface area contributed by atoms with Crippen LogP contribution < -0.4 is 10.6 Å². The van der Waals surface area contributed by atoms with Crippen LogP contribution in [0, 0.1) is 6.92 Å². The summed E-state index contributed by atoms with van der Waals surface area (Å²) in [5, 5.41) is 19.3. The van der Waals surface area contributed by atoms with Crippen molar-refractivity contribution >= 4 is 24.1 Å². The van der Waals surface area contributed by atoms with E-state index < -0.39 is 0 Å². The van der Waals surface area contributed by atoms with Crippen molar-refractivity contribution in [1.29, 1.82) is 0 Å². The standard InChI is InChI=1S/C21H27N7O.ClH/c1-14(2)18-12-20(28(25-18)17-6-4-15(3)5-7-17)23-21(29)19-13-27(26-24-19)16-8-10-22-11-9-16;/h4-7,12-14,16,22H,8-11H2,1-3H3,(H,23,29);1H. The highest BCUT2D eigenvalue weighted by Gasteiger charge is 2.20. The maximum absolute atomic E-state index is 12.8. The van der Waals surface area contributed by atoms with E-state index in [1.807, 2.05) is 41.9 Å². The molecule has 0 radical (unpaired) electrons. The minimum Gasteiger partial charge on any atom is -0.317 e. The van der Waals surface area contributed by atoms with Gasteiger partial charge in [0.05, 0.1) is 23.6 Å². The third kappa shape index (κ3) is 4.71. The van der Waals surface area contributed by atoms with E-state index in [0.717, 1.165) is 37.3 Å². The van der Waals surface area contributed by atoms with Gasteiger partial charge in [-0.05, 0) is 50.9 Å². The number of nitrogens with zero attached hydrogens (tertiary/aromatic N) is 5. The van der Waals surface area contributed by atoms with Crippen LogP contribution in [0.1, 0.15) is 60.4 Å². The molecule has 2 N–H and O–H groups in total. The number of carbonyl (C=O) groups is 1. The van der Waals surface area contributed by atoms with Gasteiger partial charge in [-0.2, -0.15) is 5.10 Å². The number of benzene rings is 1. The first-order valence-electron chi connectivity index (χ1n) is 10.1. The number of aromatic nitrogens is 5. The fraction of sp³-hybridized carbons (Fsp3) is 0.429. The largest absolute Gasteiger partial charge is 0.317 e. The van der Waals surface area contributed by atoms with Gasteiger partial charge < -0.3 is 10.6 Å². The van der Waals surface area contributed by atoms with Gasteiger partial charge in [0.2, 0.25) is 0 Å². The number of amides is 1. The number of hydrogen-bond acceptors (Lipinski definition) is 5. The molecule has 0 atom stereocenters. The van der Waals surface area contributed by atoms with E-state index in [2.05, 4.69) is 39.9 Å². The van der Waals surface area contributed by atoms with Crippen LogP contribution in [-0.2, 0) is 0 Å². The van der Waals surface area contributed by atoms with E-state index in [1.165, 1.54) is 5.56 Å². The first-order chi connectivity index (χ1) is 14.0. The Balaban J connectivity index is 0.00000256. The van der Waals surface area contributed by atoms with Crippen molar-refractivity contribution in [1.82, 2.24) is 30.1 Å². The molecule has 1 saturated heterocycles. The van der Waals surface area contributed by atoms with E-state index in [0.29, 0.717) is 11.5 Å². The Morgan fingerprint density at radius 2 is 1.90 bits per heavy atom. The molecule has 160 valence electrons. The number of aryl methyl sites for hydroxylation is 1. The number of carbonyl (C=O) groups excluding carboxylic acids is 1. The lowest BCUT2D eigenvalue weighted by atomic mass is 10.1. The van der Waals surface area contributed by atoms with Crippen LogP contribution in [-0.4, -0.2) is 43.8 Å². The molecule has 1 aliphatic rings. The van der Waals surface area contributed by atoms with E-state index in [9.17, 15) is 4.79 Å². The van der Waals surface area contributed by atoms with Crippen LogP contribution in [0.25, 0.3) is 5.69 Å². The molecule has 9 heteroatoms. The van der Waals surface area contributed by atoms with Crippen LogP contribution in [0.15, 0.2) is 36.5 Å². The number of rotatable bonds is 5. The predicted octanol–water partition coefficient (Wildman–Crippen LogP) is 3.49. The summed E-state index contributed by atoms with van der Waals surface area (Å²) in [5.41, 5.74) is 3.30. The molecule has 1 aromatic carbocycles. The molecule has 1 amide bonds. The van der Waals surface area contributed by atoms with Crippen molar-refractivity contribution in [3.05, 3.63) is 53.5 Å². The van der Waals surface area contributed by atoms with Crippen LogP contribution in [0.2, 0.25) is 0 Å². The average molecular weight is 430 g/mol. The topological polar surface area (TPSA) is 89.7 Å². The number of anilines is 1. The molecule has 3 heterocycles. The first kappa shape index (κ1) is 22.0. The second kappa shape index (κ2) is 9.40. The van der Waals surface area contributed by atoms with Gasteiger partial charge in [-0.25, -0.2) is 9.36 Å². The molecular weight excluding hydrogens is 402 g/mol. The molecule has 0 bridgehead atoms. The Kier molecular flexibility index (Phi) is 6.89. The van der Waals surface area contributed by atoms with Gasteiger partial charge in [-0.3, -0.25) is 4.79 Å². The molecule has 0 spiro atoms. The van der Waals surface area contributed by atoms with E-state index in [4.69, 9.17) is 0 Å². The molecular formula is C21H28ClN7O. The highest BCUT2D eigenvalue weighted by Crippen LogP contribution is 2.23. The van der Waals surface area contributed by atoms with Crippen molar-refractivity contribution < 1.29 is 4.79 Å². The molecule has 8 nitrogen and oxygen atoms in total. The van der Waals surface area contributed by atoms with Crippen molar-refractivity contribution in [2.75, 3.05) is 18.4 Å². The van der Waals surface area contributed by atoms with Crippen LogP contribution in [0.3, 0.4) is 0 Å². The summed E-state index contributed by atoms with van der Waals surface area (Å²) in [6, 6.07) is 10.3. The van der Waals surface area contributed by atoms with Crippen molar-refractivity contribution in [2.45, 2.75) is 45.6 Å². The van der Waals surface area contributed by atoms with Gasteiger partial charge >= 0.3 is 0 Å².